The molecule has 138 valence electrons. The molecule has 2 aliphatic rings. The van der Waals surface area contributed by atoms with Crippen LogP contribution in [0.5, 0.6) is 11.5 Å². The highest BCUT2D eigenvalue weighted by Crippen LogP contribution is 2.37. The first kappa shape index (κ1) is 17.0. The Morgan fingerprint density at radius 1 is 1.15 bits per heavy atom. The van der Waals surface area contributed by atoms with Crippen molar-refractivity contribution in [2.45, 2.75) is 19.6 Å². The average molecular weight is 366 g/mol. The standard InChI is InChI=1S/C20H18N2O5/c1-12-17(19(23)25-10-13-5-3-2-4-6-13)18(22-20(24)21-12)14-7-8-15-16(9-14)27-11-26-15/h2-9,18H,10-11H2,1H3,(H2,21,22,24). The molecule has 0 radical (unpaired) electrons. The summed E-state index contributed by atoms with van der Waals surface area (Å²) in [5.74, 6) is 0.717. The fourth-order valence-electron chi connectivity index (χ4n) is 3.11. The van der Waals surface area contributed by atoms with Crippen molar-refractivity contribution in [1.82, 2.24) is 10.6 Å². The number of hydrogen-bond donors (Lipinski definition) is 2. The van der Waals surface area contributed by atoms with Crippen molar-refractivity contribution in [1.29, 1.82) is 0 Å². The van der Waals surface area contributed by atoms with Gasteiger partial charge in [0.25, 0.3) is 0 Å². The molecular formula is C20H18N2O5. The predicted octanol–water partition coefficient (Wildman–Crippen LogP) is 2.79. The van der Waals surface area contributed by atoms with Crippen molar-refractivity contribution < 1.29 is 23.8 Å². The number of nitrogens with one attached hydrogen (secondary N) is 2. The van der Waals surface area contributed by atoms with Crippen LogP contribution in [0.15, 0.2) is 59.8 Å². The van der Waals surface area contributed by atoms with Crippen LogP contribution in [0.25, 0.3) is 0 Å². The third-order valence-electron chi connectivity index (χ3n) is 4.43. The fraction of sp³-hybridized carbons (Fsp3) is 0.200. The molecule has 1 atom stereocenters. The summed E-state index contributed by atoms with van der Waals surface area (Å²) in [7, 11) is 0. The van der Waals surface area contributed by atoms with E-state index in [0.29, 0.717) is 28.3 Å². The van der Waals surface area contributed by atoms with E-state index in [2.05, 4.69) is 10.6 Å². The average Bonchev–Trinajstić information content (AvgIpc) is 3.14. The molecule has 0 spiro atoms. The summed E-state index contributed by atoms with van der Waals surface area (Å²) < 4.78 is 16.2. The van der Waals surface area contributed by atoms with Crippen molar-refractivity contribution in [2.24, 2.45) is 0 Å². The molecule has 7 nitrogen and oxygen atoms in total. The molecule has 2 aromatic rings. The van der Waals surface area contributed by atoms with Crippen LogP contribution in [-0.2, 0) is 16.1 Å². The Kier molecular flexibility index (Phi) is 4.42. The molecule has 2 amide bonds. The van der Waals surface area contributed by atoms with Gasteiger partial charge in [-0.15, -0.1) is 0 Å². The minimum Gasteiger partial charge on any atom is -0.457 e. The normalized spacial score (nSPS) is 18.0. The molecule has 0 saturated carbocycles. The lowest BCUT2D eigenvalue weighted by atomic mass is 9.95. The number of esters is 1. The number of benzene rings is 2. The quantitative estimate of drug-likeness (QED) is 0.813. The van der Waals surface area contributed by atoms with Gasteiger partial charge in [-0.25, -0.2) is 9.59 Å². The second-order valence-electron chi connectivity index (χ2n) is 6.24. The molecule has 2 N–H and O–H groups in total. The number of carbonyl (C=O) groups excluding carboxylic acids is 2. The smallest absolute Gasteiger partial charge is 0.338 e. The number of allylic oxidation sites excluding steroid dienone is 1. The van der Waals surface area contributed by atoms with Crippen LogP contribution in [0.2, 0.25) is 0 Å². The highest BCUT2D eigenvalue weighted by molar-refractivity contribution is 5.95. The molecule has 7 heteroatoms. The van der Waals surface area contributed by atoms with Crippen molar-refractivity contribution in [3.8, 4) is 11.5 Å². The number of hydrogen-bond acceptors (Lipinski definition) is 5. The first-order chi connectivity index (χ1) is 13.1. The molecule has 0 bridgehead atoms. The van der Waals surface area contributed by atoms with Crippen LogP contribution in [0.4, 0.5) is 4.79 Å². The summed E-state index contributed by atoms with van der Waals surface area (Å²) in [5.41, 5.74) is 2.40. The summed E-state index contributed by atoms with van der Waals surface area (Å²) in [4.78, 5) is 24.8. The van der Waals surface area contributed by atoms with E-state index in [0.717, 1.165) is 5.56 Å². The topological polar surface area (TPSA) is 85.9 Å². The van der Waals surface area contributed by atoms with Gasteiger partial charge < -0.3 is 24.8 Å². The van der Waals surface area contributed by atoms with Gasteiger partial charge in [0.05, 0.1) is 11.6 Å². The Bertz CT molecular complexity index is 923. The predicted molar refractivity (Wildman–Crippen MR) is 95.9 cm³/mol. The number of urea groups is 1. The molecular weight excluding hydrogens is 348 g/mol. The van der Waals surface area contributed by atoms with Gasteiger partial charge in [-0.2, -0.15) is 0 Å². The number of rotatable bonds is 4. The van der Waals surface area contributed by atoms with E-state index in [9.17, 15) is 9.59 Å². The van der Waals surface area contributed by atoms with Crippen LogP contribution in [0.1, 0.15) is 24.1 Å². The lowest BCUT2D eigenvalue weighted by molar-refractivity contribution is -0.140. The van der Waals surface area contributed by atoms with Crippen LogP contribution in [-0.4, -0.2) is 18.8 Å². The molecule has 0 fully saturated rings. The third-order valence-corrected chi connectivity index (χ3v) is 4.43. The highest BCUT2D eigenvalue weighted by Gasteiger charge is 2.33. The molecule has 2 aromatic carbocycles. The maximum Gasteiger partial charge on any atom is 0.338 e. The van der Waals surface area contributed by atoms with Gasteiger partial charge in [0, 0.05) is 5.70 Å². The zero-order chi connectivity index (χ0) is 18.8. The molecule has 27 heavy (non-hydrogen) atoms. The van der Waals surface area contributed by atoms with E-state index in [1.165, 1.54) is 0 Å². The zero-order valence-corrected chi connectivity index (χ0v) is 14.7. The molecule has 0 saturated heterocycles. The molecule has 1 unspecified atom stereocenters. The Morgan fingerprint density at radius 2 is 1.93 bits per heavy atom. The SMILES string of the molecule is CC1=C(C(=O)OCc2ccccc2)C(c2ccc3c(c2)OCO3)NC(=O)N1. The maximum atomic E-state index is 12.8. The van der Waals surface area contributed by atoms with Gasteiger partial charge in [-0.3, -0.25) is 0 Å². The minimum atomic E-state index is -0.642. The number of carbonyl (C=O) groups is 2. The van der Waals surface area contributed by atoms with Crippen LogP contribution >= 0.6 is 0 Å². The largest absolute Gasteiger partial charge is 0.457 e. The summed E-state index contributed by atoms with van der Waals surface area (Å²) >= 11 is 0. The molecule has 0 aromatic heterocycles. The second kappa shape index (κ2) is 7.03. The fourth-order valence-corrected chi connectivity index (χ4v) is 3.11. The lowest BCUT2D eigenvalue weighted by Gasteiger charge is -2.28. The highest BCUT2D eigenvalue weighted by atomic mass is 16.7. The summed E-state index contributed by atoms with van der Waals surface area (Å²) in [6.45, 7) is 1.98. The lowest BCUT2D eigenvalue weighted by Crippen LogP contribution is -2.45. The number of ether oxygens (including phenoxy) is 3. The van der Waals surface area contributed by atoms with E-state index < -0.39 is 12.0 Å². The van der Waals surface area contributed by atoms with Crippen LogP contribution in [0, 0.1) is 0 Å². The van der Waals surface area contributed by atoms with Crippen molar-refractivity contribution in [3.05, 3.63) is 70.9 Å². The van der Waals surface area contributed by atoms with E-state index >= 15 is 0 Å². The van der Waals surface area contributed by atoms with E-state index in [4.69, 9.17) is 14.2 Å². The molecule has 4 rings (SSSR count). The Labute approximate surface area is 155 Å². The van der Waals surface area contributed by atoms with Crippen LogP contribution in [0.3, 0.4) is 0 Å². The van der Waals surface area contributed by atoms with Gasteiger partial charge in [-0.1, -0.05) is 36.4 Å². The van der Waals surface area contributed by atoms with Gasteiger partial charge in [0.2, 0.25) is 6.79 Å². The first-order valence-corrected chi connectivity index (χ1v) is 8.50. The zero-order valence-electron chi connectivity index (χ0n) is 14.7. The number of fused-ring (bicyclic) bond motifs is 1. The third kappa shape index (κ3) is 3.44. The Hall–Kier alpha value is -3.48. The van der Waals surface area contributed by atoms with Crippen molar-refractivity contribution in [2.75, 3.05) is 6.79 Å². The van der Waals surface area contributed by atoms with Crippen molar-refractivity contribution in [3.63, 3.8) is 0 Å². The van der Waals surface area contributed by atoms with E-state index in [1.54, 1.807) is 25.1 Å². The Balaban J connectivity index is 1.60. The first-order valence-electron chi connectivity index (χ1n) is 8.50. The monoisotopic (exact) mass is 366 g/mol. The minimum absolute atomic E-state index is 0.151. The number of amides is 2. The van der Waals surface area contributed by atoms with Gasteiger partial charge >= 0.3 is 12.0 Å². The second-order valence-corrected chi connectivity index (χ2v) is 6.24. The van der Waals surface area contributed by atoms with E-state index in [-0.39, 0.29) is 19.4 Å². The van der Waals surface area contributed by atoms with Gasteiger partial charge in [-0.05, 0) is 30.2 Å². The molecule has 0 aliphatic carbocycles. The summed E-state index contributed by atoms with van der Waals surface area (Å²) in [6.07, 6.45) is 0. The molecule has 2 aliphatic heterocycles. The van der Waals surface area contributed by atoms with E-state index in [1.807, 2.05) is 30.3 Å². The summed E-state index contributed by atoms with van der Waals surface area (Å²) in [6, 6.07) is 13.7. The maximum absolute atomic E-state index is 12.8. The Morgan fingerprint density at radius 3 is 2.74 bits per heavy atom. The van der Waals surface area contributed by atoms with Gasteiger partial charge in [0.1, 0.15) is 6.61 Å². The van der Waals surface area contributed by atoms with Gasteiger partial charge in [0.15, 0.2) is 11.5 Å². The van der Waals surface area contributed by atoms with Crippen molar-refractivity contribution >= 4 is 12.0 Å². The van der Waals surface area contributed by atoms with Crippen LogP contribution < -0.4 is 20.1 Å². The molecule has 2 heterocycles. The summed E-state index contributed by atoms with van der Waals surface area (Å²) in [5, 5.41) is 5.41.